The number of carbonyl (C=O) groups excluding carboxylic acids is 1. The highest BCUT2D eigenvalue weighted by molar-refractivity contribution is 7.91. The lowest BCUT2D eigenvalue weighted by molar-refractivity contribution is -0.115. The minimum atomic E-state index is -3.71. The Morgan fingerprint density at radius 3 is 2.71 bits per heavy atom. The van der Waals surface area contributed by atoms with Gasteiger partial charge in [-0.05, 0) is 34.6 Å². The minimum absolute atomic E-state index is 0.00760. The summed E-state index contributed by atoms with van der Waals surface area (Å²) in [6.45, 7) is 0. The molecule has 1 N–H and O–H groups in total. The Bertz CT molecular complexity index is 1000. The van der Waals surface area contributed by atoms with Crippen molar-refractivity contribution in [3.8, 4) is 0 Å². The van der Waals surface area contributed by atoms with E-state index in [1.54, 1.807) is 36.4 Å². The smallest absolute Gasteiger partial charge is 0.225 e. The number of aromatic nitrogens is 2. The van der Waals surface area contributed by atoms with E-state index in [1.807, 2.05) is 0 Å². The molecule has 0 aliphatic carbocycles. The van der Waals surface area contributed by atoms with Crippen molar-refractivity contribution < 1.29 is 17.8 Å². The first-order valence-corrected chi connectivity index (χ1v) is 8.99. The quantitative estimate of drug-likeness (QED) is 0.745. The summed E-state index contributed by atoms with van der Waals surface area (Å²) in [6, 6.07) is 11.3. The number of sulfone groups is 1. The number of nitrogens with zero attached hydrogens (tertiary/aromatic N) is 2. The van der Waals surface area contributed by atoms with Crippen LogP contribution < -0.4 is 5.32 Å². The summed E-state index contributed by atoms with van der Waals surface area (Å²) in [4.78, 5) is 12.0. The fraction of sp³-hybridized carbons (Fsp3) is 0.133. The lowest BCUT2D eigenvalue weighted by atomic mass is 10.3. The number of benzene rings is 2. The molecule has 1 aromatic heterocycles. The SMILES string of the molecule is O=C(CCS(=O)(=O)c1cccc2nonc12)Nc1ccccc1Cl. The number of para-hydroxylation sites is 1. The van der Waals surface area contributed by atoms with E-state index in [9.17, 15) is 13.2 Å². The number of halogens is 1. The zero-order valence-corrected chi connectivity index (χ0v) is 13.8. The van der Waals surface area contributed by atoms with Gasteiger partial charge in [-0.3, -0.25) is 4.79 Å². The number of carbonyl (C=O) groups is 1. The van der Waals surface area contributed by atoms with E-state index in [0.717, 1.165) is 0 Å². The summed E-state index contributed by atoms with van der Waals surface area (Å²) in [5, 5.41) is 10.2. The maximum Gasteiger partial charge on any atom is 0.225 e. The van der Waals surface area contributed by atoms with Crippen LogP contribution in [0.4, 0.5) is 5.69 Å². The molecule has 1 amide bonds. The molecule has 24 heavy (non-hydrogen) atoms. The van der Waals surface area contributed by atoms with E-state index >= 15 is 0 Å². The lowest BCUT2D eigenvalue weighted by Gasteiger charge is -2.07. The van der Waals surface area contributed by atoms with Crippen molar-refractivity contribution in [2.45, 2.75) is 11.3 Å². The van der Waals surface area contributed by atoms with Crippen molar-refractivity contribution in [1.29, 1.82) is 0 Å². The third-order valence-electron chi connectivity index (χ3n) is 3.33. The van der Waals surface area contributed by atoms with Gasteiger partial charge < -0.3 is 5.32 Å². The van der Waals surface area contributed by atoms with Crippen LogP contribution in [0.5, 0.6) is 0 Å². The molecule has 0 saturated carbocycles. The van der Waals surface area contributed by atoms with E-state index in [0.29, 0.717) is 16.2 Å². The molecule has 0 spiro atoms. The van der Waals surface area contributed by atoms with Gasteiger partial charge in [-0.15, -0.1) is 0 Å². The zero-order valence-electron chi connectivity index (χ0n) is 12.3. The van der Waals surface area contributed by atoms with Crippen molar-refractivity contribution in [3.63, 3.8) is 0 Å². The molecule has 0 aliphatic heterocycles. The fourth-order valence-electron chi connectivity index (χ4n) is 2.14. The summed E-state index contributed by atoms with van der Waals surface area (Å²) in [5.74, 6) is -0.813. The Labute approximate surface area is 142 Å². The van der Waals surface area contributed by atoms with Crippen LogP contribution in [0.1, 0.15) is 6.42 Å². The number of amides is 1. The molecule has 7 nitrogen and oxygen atoms in total. The molecule has 124 valence electrons. The Kier molecular flexibility index (Phi) is 4.50. The van der Waals surface area contributed by atoms with E-state index in [4.69, 9.17) is 11.6 Å². The highest BCUT2D eigenvalue weighted by Gasteiger charge is 2.21. The molecule has 0 radical (unpaired) electrons. The first kappa shape index (κ1) is 16.4. The third-order valence-corrected chi connectivity index (χ3v) is 5.40. The maximum absolute atomic E-state index is 12.5. The minimum Gasteiger partial charge on any atom is -0.325 e. The molecule has 9 heteroatoms. The molecule has 2 aromatic carbocycles. The van der Waals surface area contributed by atoms with Gasteiger partial charge in [0.1, 0.15) is 5.52 Å². The average Bonchev–Trinajstić information content (AvgIpc) is 3.03. The Balaban J connectivity index is 1.73. The Morgan fingerprint density at radius 1 is 1.12 bits per heavy atom. The monoisotopic (exact) mass is 365 g/mol. The van der Waals surface area contributed by atoms with Crippen LogP contribution in [0, 0.1) is 0 Å². The topological polar surface area (TPSA) is 102 Å². The van der Waals surface area contributed by atoms with Crippen LogP contribution in [-0.2, 0) is 14.6 Å². The van der Waals surface area contributed by atoms with Crippen LogP contribution in [0.3, 0.4) is 0 Å². The summed E-state index contributed by atoms with van der Waals surface area (Å²) in [5.41, 5.74) is 0.935. The number of nitrogens with one attached hydrogen (secondary N) is 1. The van der Waals surface area contributed by atoms with Gasteiger partial charge >= 0.3 is 0 Å². The number of anilines is 1. The normalized spacial score (nSPS) is 11.5. The Morgan fingerprint density at radius 2 is 1.92 bits per heavy atom. The summed E-state index contributed by atoms with van der Waals surface area (Å²) < 4.78 is 29.5. The maximum atomic E-state index is 12.5. The van der Waals surface area contributed by atoms with E-state index in [1.165, 1.54) is 6.07 Å². The van der Waals surface area contributed by atoms with Gasteiger partial charge in [0.25, 0.3) is 0 Å². The van der Waals surface area contributed by atoms with Crippen LogP contribution in [-0.4, -0.2) is 30.4 Å². The molecule has 0 saturated heterocycles. The average molecular weight is 366 g/mol. The van der Waals surface area contributed by atoms with Gasteiger partial charge in [0.05, 0.1) is 21.4 Å². The second-order valence-electron chi connectivity index (χ2n) is 4.98. The van der Waals surface area contributed by atoms with Crippen molar-refractivity contribution in [2.75, 3.05) is 11.1 Å². The first-order valence-electron chi connectivity index (χ1n) is 6.96. The molecular formula is C15H12ClN3O4S. The second kappa shape index (κ2) is 6.58. The second-order valence-corrected chi connectivity index (χ2v) is 7.47. The van der Waals surface area contributed by atoms with E-state index in [-0.39, 0.29) is 22.6 Å². The standard InChI is InChI=1S/C15H12ClN3O4S/c16-10-4-1-2-5-11(10)17-14(20)8-9-24(21,22)13-7-3-6-12-15(13)19-23-18-12/h1-7H,8-9H2,(H,17,20). The zero-order chi connectivity index (χ0) is 17.2. The van der Waals surface area contributed by atoms with Crippen LogP contribution in [0.25, 0.3) is 11.0 Å². The number of fused-ring (bicyclic) bond motifs is 1. The van der Waals surface area contributed by atoms with Gasteiger partial charge in [0.15, 0.2) is 15.4 Å². The van der Waals surface area contributed by atoms with E-state index in [2.05, 4.69) is 20.3 Å². The summed E-state index contributed by atoms with van der Waals surface area (Å²) in [6.07, 6.45) is -0.213. The largest absolute Gasteiger partial charge is 0.325 e. The summed E-state index contributed by atoms with van der Waals surface area (Å²) >= 11 is 5.95. The number of rotatable bonds is 5. The van der Waals surface area contributed by atoms with Gasteiger partial charge in [-0.25, -0.2) is 13.0 Å². The van der Waals surface area contributed by atoms with Crippen LogP contribution in [0.15, 0.2) is 52.0 Å². The van der Waals surface area contributed by atoms with E-state index < -0.39 is 15.7 Å². The molecule has 3 aromatic rings. The van der Waals surface area contributed by atoms with Gasteiger partial charge in [0.2, 0.25) is 5.91 Å². The van der Waals surface area contributed by atoms with Crippen molar-refractivity contribution >= 4 is 44.1 Å². The fourth-order valence-corrected chi connectivity index (χ4v) is 3.72. The first-order chi connectivity index (χ1) is 11.5. The van der Waals surface area contributed by atoms with Gasteiger partial charge in [-0.2, -0.15) is 0 Å². The highest BCUT2D eigenvalue weighted by atomic mass is 35.5. The molecule has 3 rings (SSSR count). The van der Waals surface area contributed by atoms with Crippen molar-refractivity contribution in [2.24, 2.45) is 0 Å². The van der Waals surface area contributed by atoms with Crippen LogP contribution in [0.2, 0.25) is 5.02 Å². The van der Waals surface area contributed by atoms with Crippen molar-refractivity contribution in [1.82, 2.24) is 10.3 Å². The predicted molar refractivity (Wildman–Crippen MR) is 88.6 cm³/mol. The van der Waals surface area contributed by atoms with Gasteiger partial charge in [-0.1, -0.05) is 29.8 Å². The molecule has 0 atom stereocenters. The molecule has 0 aliphatic rings. The number of hydrogen-bond acceptors (Lipinski definition) is 6. The molecule has 0 bridgehead atoms. The van der Waals surface area contributed by atoms with Crippen molar-refractivity contribution in [3.05, 3.63) is 47.5 Å². The lowest BCUT2D eigenvalue weighted by Crippen LogP contribution is -2.17. The third kappa shape index (κ3) is 3.39. The van der Waals surface area contributed by atoms with Gasteiger partial charge in [0, 0.05) is 6.42 Å². The Hall–Kier alpha value is -2.45. The number of hydrogen-bond donors (Lipinski definition) is 1. The predicted octanol–water partition coefficient (Wildman–Crippen LogP) is 2.68. The van der Waals surface area contributed by atoms with Crippen LogP contribution >= 0.6 is 11.6 Å². The summed E-state index contributed by atoms with van der Waals surface area (Å²) in [7, 11) is -3.71. The molecule has 0 unspecified atom stereocenters. The molecule has 0 fully saturated rings. The highest BCUT2D eigenvalue weighted by Crippen LogP contribution is 2.23. The molecular weight excluding hydrogens is 354 g/mol. The molecule has 1 heterocycles.